The van der Waals surface area contributed by atoms with Crippen LogP contribution in [0, 0.1) is 0 Å². The largest absolute Gasteiger partial charge is 0.348 e. The summed E-state index contributed by atoms with van der Waals surface area (Å²) in [5, 5.41) is 2.94. The van der Waals surface area contributed by atoms with Gasteiger partial charge in [-0.05, 0) is 37.5 Å². The van der Waals surface area contributed by atoms with Gasteiger partial charge in [-0.25, -0.2) is 0 Å². The summed E-state index contributed by atoms with van der Waals surface area (Å²) < 4.78 is 1.03. The van der Waals surface area contributed by atoms with Crippen LogP contribution in [0.2, 0.25) is 0 Å². The Bertz CT molecular complexity index is 398. The molecule has 1 amide bonds. The summed E-state index contributed by atoms with van der Waals surface area (Å²) in [6, 6.07) is 7.92. The molecule has 1 aliphatic rings. The van der Waals surface area contributed by atoms with Crippen molar-refractivity contribution in [2.45, 2.75) is 31.3 Å². The van der Waals surface area contributed by atoms with Crippen molar-refractivity contribution in [2.24, 2.45) is 5.73 Å². The smallest absolute Gasteiger partial charge is 0.240 e. The predicted molar refractivity (Wildman–Crippen MR) is 66.9 cm³/mol. The summed E-state index contributed by atoms with van der Waals surface area (Å²) in [6.07, 6.45) is 1.60. The monoisotopic (exact) mass is 282 g/mol. The average molecular weight is 283 g/mol. The molecule has 0 aromatic heterocycles. The van der Waals surface area contributed by atoms with E-state index in [-0.39, 0.29) is 11.9 Å². The molecule has 3 N–H and O–H groups in total. The highest BCUT2D eigenvalue weighted by Gasteiger charge is 2.46. The van der Waals surface area contributed by atoms with Gasteiger partial charge in [0, 0.05) is 4.47 Å². The van der Waals surface area contributed by atoms with E-state index >= 15 is 0 Å². The lowest BCUT2D eigenvalue weighted by molar-refractivity contribution is -0.123. The Balaban J connectivity index is 2.00. The number of amides is 1. The second kappa shape index (κ2) is 4.18. The van der Waals surface area contributed by atoms with Crippen LogP contribution in [0.1, 0.15) is 31.4 Å². The summed E-state index contributed by atoms with van der Waals surface area (Å²) >= 11 is 3.38. The number of benzene rings is 1. The van der Waals surface area contributed by atoms with Crippen LogP contribution in [-0.2, 0) is 4.79 Å². The van der Waals surface area contributed by atoms with Gasteiger partial charge in [0.05, 0.1) is 11.6 Å². The number of rotatable bonds is 3. The molecular formula is C12H15BrN2O. The van der Waals surface area contributed by atoms with Gasteiger partial charge in [0.15, 0.2) is 0 Å². The molecule has 1 atom stereocenters. The van der Waals surface area contributed by atoms with Gasteiger partial charge in [-0.3, -0.25) is 4.79 Å². The van der Waals surface area contributed by atoms with Crippen molar-refractivity contribution in [3.05, 3.63) is 34.3 Å². The van der Waals surface area contributed by atoms with Crippen molar-refractivity contribution in [1.29, 1.82) is 0 Å². The third kappa shape index (κ3) is 2.44. The molecule has 0 aliphatic heterocycles. The van der Waals surface area contributed by atoms with E-state index in [2.05, 4.69) is 21.2 Å². The van der Waals surface area contributed by atoms with Crippen LogP contribution in [0.15, 0.2) is 28.7 Å². The molecule has 1 fully saturated rings. The maximum atomic E-state index is 11.7. The molecule has 0 saturated heterocycles. The Kier molecular flexibility index (Phi) is 3.04. The summed E-state index contributed by atoms with van der Waals surface area (Å²) in [6.45, 7) is 1.97. The fourth-order valence-electron chi connectivity index (χ4n) is 1.54. The maximum Gasteiger partial charge on any atom is 0.240 e. The van der Waals surface area contributed by atoms with E-state index in [1.54, 1.807) is 0 Å². The minimum absolute atomic E-state index is 0.00150. The molecule has 1 unspecified atom stereocenters. The van der Waals surface area contributed by atoms with Gasteiger partial charge in [-0.2, -0.15) is 0 Å². The summed E-state index contributed by atoms with van der Waals surface area (Å²) in [4.78, 5) is 11.7. The first-order valence-electron chi connectivity index (χ1n) is 5.36. The molecule has 0 bridgehead atoms. The van der Waals surface area contributed by atoms with Crippen LogP contribution < -0.4 is 11.1 Å². The van der Waals surface area contributed by atoms with Crippen LogP contribution in [0.3, 0.4) is 0 Å². The number of halogens is 1. The molecule has 1 aromatic carbocycles. The number of carbonyl (C=O) groups is 1. The SMILES string of the molecule is CC(NC(=O)C1(N)CC1)c1ccc(Br)cc1. The van der Waals surface area contributed by atoms with Gasteiger partial charge in [0.2, 0.25) is 5.91 Å². The molecule has 3 nitrogen and oxygen atoms in total. The highest BCUT2D eigenvalue weighted by Crippen LogP contribution is 2.32. The lowest BCUT2D eigenvalue weighted by Crippen LogP contribution is -2.43. The molecular weight excluding hydrogens is 268 g/mol. The van der Waals surface area contributed by atoms with Crippen LogP contribution in [0.25, 0.3) is 0 Å². The highest BCUT2D eigenvalue weighted by atomic mass is 79.9. The quantitative estimate of drug-likeness (QED) is 0.892. The topological polar surface area (TPSA) is 55.1 Å². The molecule has 4 heteroatoms. The molecule has 86 valence electrons. The van der Waals surface area contributed by atoms with E-state index in [9.17, 15) is 4.79 Å². The number of hydrogen-bond acceptors (Lipinski definition) is 2. The maximum absolute atomic E-state index is 11.7. The summed E-state index contributed by atoms with van der Waals surface area (Å²) in [5.41, 5.74) is 6.31. The molecule has 2 rings (SSSR count). The molecule has 1 aliphatic carbocycles. The Morgan fingerprint density at radius 2 is 2.00 bits per heavy atom. The third-order valence-electron chi connectivity index (χ3n) is 2.96. The van der Waals surface area contributed by atoms with Gasteiger partial charge in [0.25, 0.3) is 0 Å². The van der Waals surface area contributed by atoms with E-state index in [4.69, 9.17) is 5.73 Å². The normalized spacial score (nSPS) is 18.9. The van der Waals surface area contributed by atoms with Gasteiger partial charge >= 0.3 is 0 Å². The molecule has 0 heterocycles. The number of hydrogen-bond donors (Lipinski definition) is 2. The Hall–Kier alpha value is -0.870. The first kappa shape index (κ1) is 11.6. The highest BCUT2D eigenvalue weighted by molar-refractivity contribution is 9.10. The minimum atomic E-state index is -0.594. The Morgan fingerprint density at radius 1 is 1.44 bits per heavy atom. The first-order chi connectivity index (χ1) is 7.51. The van der Waals surface area contributed by atoms with E-state index < -0.39 is 5.54 Å². The number of carbonyl (C=O) groups excluding carboxylic acids is 1. The zero-order valence-corrected chi connectivity index (χ0v) is 10.8. The van der Waals surface area contributed by atoms with Gasteiger partial charge in [-0.1, -0.05) is 28.1 Å². The number of nitrogens with one attached hydrogen (secondary N) is 1. The van der Waals surface area contributed by atoms with Crippen molar-refractivity contribution in [1.82, 2.24) is 5.32 Å². The van der Waals surface area contributed by atoms with Gasteiger partial charge in [0.1, 0.15) is 0 Å². The van der Waals surface area contributed by atoms with Crippen molar-refractivity contribution < 1.29 is 4.79 Å². The predicted octanol–water partition coefficient (Wildman–Crippen LogP) is 2.12. The summed E-state index contributed by atoms with van der Waals surface area (Å²) in [7, 11) is 0. The third-order valence-corrected chi connectivity index (χ3v) is 3.49. The molecule has 0 spiro atoms. The molecule has 16 heavy (non-hydrogen) atoms. The fourth-order valence-corrected chi connectivity index (χ4v) is 1.80. The minimum Gasteiger partial charge on any atom is -0.348 e. The molecule has 0 radical (unpaired) electrons. The van der Waals surface area contributed by atoms with Crippen LogP contribution >= 0.6 is 15.9 Å². The van der Waals surface area contributed by atoms with Crippen LogP contribution in [0.5, 0.6) is 0 Å². The summed E-state index contributed by atoms with van der Waals surface area (Å²) in [5.74, 6) is -0.0390. The Labute approximate surface area is 104 Å². The lowest BCUT2D eigenvalue weighted by atomic mass is 10.1. The second-order valence-corrected chi connectivity index (χ2v) is 5.32. The standard InChI is InChI=1S/C12H15BrN2O/c1-8(9-2-4-10(13)5-3-9)15-11(16)12(14)6-7-12/h2-5,8H,6-7,14H2,1H3,(H,15,16). The Morgan fingerprint density at radius 3 is 2.50 bits per heavy atom. The van der Waals surface area contributed by atoms with E-state index in [1.165, 1.54) is 0 Å². The average Bonchev–Trinajstić information content (AvgIpc) is 2.99. The zero-order valence-electron chi connectivity index (χ0n) is 9.16. The van der Waals surface area contributed by atoms with Crippen LogP contribution in [-0.4, -0.2) is 11.4 Å². The number of nitrogens with two attached hydrogens (primary N) is 1. The van der Waals surface area contributed by atoms with E-state index in [1.807, 2.05) is 31.2 Å². The van der Waals surface area contributed by atoms with E-state index in [0.717, 1.165) is 22.9 Å². The van der Waals surface area contributed by atoms with Crippen molar-refractivity contribution in [2.75, 3.05) is 0 Å². The van der Waals surface area contributed by atoms with Crippen LogP contribution in [0.4, 0.5) is 0 Å². The van der Waals surface area contributed by atoms with Crippen molar-refractivity contribution >= 4 is 21.8 Å². The molecule has 1 saturated carbocycles. The molecule has 1 aromatic rings. The fraction of sp³-hybridized carbons (Fsp3) is 0.417. The zero-order chi connectivity index (χ0) is 11.8. The van der Waals surface area contributed by atoms with Gasteiger partial charge in [-0.15, -0.1) is 0 Å². The lowest BCUT2D eigenvalue weighted by Gasteiger charge is -2.17. The van der Waals surface area contributed by atoms with Gasteiger partial charge < -0.3 is 11.1 Å². The van der Waals surface area contributed by atoms with Crippen molar-refractivity contribution in [3.63, 3.8) is 0 Å². The first-order valence-corrected chi connectivity index (χ1v) is 6.16. The van der Waals surface area contributed by atoms with Crippen molar-refractivity contribution in [3.8, 4) is 0 Å². The van der Waals surface area contributed by atoms with E-state index in [0.29, 0.717) is 0 Å². The second-order valence-electron chi connectivity index (χ2n) is 4.40.